The Labute approximate surface area is 102 Å². The minimum absolute atomic E-state index is 0.720. The Balaban J connectivity index is 0.000000671. The first-order valence-electron chi connectivity index (χ1n) is 4.22. The first-order valence-corrected chi connectivity index (χ1v) is 12.0. The molecule has 13 heavy (non-hydrogen) atoms. The van der Waals surface area contributed by atoms with Gasteiger partial charge in [-0.3, -0.25) is 0 Å². The summed E-state index contributed by atoms with van der Waals surface area (Å²) in [4.78, 5) is 1.35. The fourth-order valence-electron chi connectivity index (χ4n) is 0.766. The quantitative estimate of drug-likeness (QED) is 0.457. The summed E-state index contributed by atoms with van der Waals surface area (Å²) in [5.41, 5.74) is 0. The number of halogens is 1. The first-order chi connectivity index (χ1) is 6.33. The third-order valence-corrected chi connectivity index (χ3v) is 2.88. The van der Waals surface area contributed by atoms with Crippen LogP contribution in [0.25, 0.3) is 0 Å². The predicted molar refractivity (Wildman–Crippen MR) is 59.8 cm³/mol. The van der Waals surface area contributed by atoms with Gasteiger partial charge in [-0.15, -0.1) is 16.7 Å². The predicted octanol–water partition coefficient (Wildman–Crippen LogP) is 4.22. The van der Waals surface area contributed by atoms with Crippen LogP contribution in [0.15, 0.2) is 29.2 Å². The molecule has 0 bridgehead atoms. The van der Waals surface area contributed by atoms with E-state index in [1.807, 2.05) is 23.9 Å². The van der Waals surface area contributed by atoms with E-state index >= 15 is 0 Å². The number of benzene rings is 1. The summed E-state index contributed by atoms with van der Waals surface area (Å²) in [7, 11) is 0. The summed E-state index contributed by atoms with van der Waals surface area (Å²) in [6, 6.07) is 11.2. The van der Waals surface area contributed by atoms with Crippen LogP contribution in [0.4, 0.5) is 0 Å². The van der Waals surface area contributed by atoms with Crippen LogP contribution in [-0.4, -0.2) is 5.25 Å². The second kappa shape index (κ2) is 9.24. The zero-order valence-corrected chi connectivity index (χ0v) is 13.5. The SMILES string of the molecule is CCC(C)Sc1cc[c-]cc1.[Zn+][Br]. The van der Waals surface area contributed by atoms with E-state index in [2.05, 4.69) is 45.7 Å². The monoisotopic (exact) mass is 308 g/mol. The maximum atomic E-state index is 3.06. The molecule has 0 aromatic heterocycles. The molecule has 0 aliphatic rings. The van der Waals surface area contributed by atoms with Crippen molar-refractivity contribution in [1.82, 2.24) is 0 Å². The van der Waals surface area contributed by atoms with Gasteiger partial charge in [0.1, 0.15) is 0 Å². The molecule has 0 nitrogen and oxygen atoms in total. The summed E-state index contributed by atoms with van der Waals surface area (Å²) in [6.07, 6.45) is 1.23. The van der Waals surface area contributed by atoms with Crippen LogP contribution < -0.4 is 0 Å². The van der Waals surface area contributed by atoms with Crippen molar-refractivity contribution in [2.45, 2.75) is 30.4 Å². The zero-order chi connectivity index (χ0) is 10.1. The fraction of sp³-hybridized carbons (Fsp3) is 0.400. The molecule has 0 N–H and O–H groups in total. The topological polar surface area (TPSA) is 0 Å². The molecule has 1 unspecified atom stereocenters. The van der Waals surface area contributed by atoms with E-state index in [1.54, 1.807) is 0 Å². The Morgan fingerprint density at radius 3 is 2.46 bits per heavy atom. The molecule has 1 aromatic rings. The van der Waals surface area contributed by atoms with E-state index in [4.69, 9.17) is 0 Å². The molecular weight excluding hydrogens is 297 g/mol. The van der Waals surface area contributed by atoms with Crippen molar-refractivity contribution >= 4 is 25.4 Å². The van der Waals surface area contributed by atoms with Crippen molar-refractivity contribution in [3.8, 4) is 0 Å². The van der Waals surface area contributed by atoms with Crippen LogP contribution in [-0.2, 0) is 16.3 Å². The van der Waals surface area contributed by atoms with Crippen molar-refractivity contribution in [2.24, 2.45) is 0 Å². The Hall–Kier alpha value is 0.673. The van der Waals surface area contributed by atoms with Crippen LogP contribution in [0.2, 0.25) is 0 Å². The van der Waals surface area contributed by atoms with Crippen LogP contribution >= 0.6 is 25.4 Å². The molecule has 0 saturated carbocycles. The van der Waals surface area contributed by atoms with Crippen molar-refractivity contribution < 1.29 is 16.3 Å². The van der Waals surface area contributed by atoms with Crippen LogP contribution in [0, 0.1) is 6.07 Å². The molecule has 3 heteroatoms. The molecule has 0 fully saturated rings. The molecular formula is C10H13BrSZn. The molecule has 0 spiro atoms. The van der Waals surface area contributed by atoms with E-state index < -0.39 is 0 Å². The summed E-state index contributed by atoms with van der Waals surface area (Å²) >= 11 is 6.17. The van der Waals surface area contributed by atoms with Crippen LogP contribution in [0.1, 0.15) is 20.3 Å². The number of hydrogen-bond donors (Lipinski definition) is 0. The molecule has 1 rings (SSSR count). The zero-order valence-electron chi connectivity index (χ0n) is 8.09. The number of thioether (sulfide) groups is 1. The van der Waals surface area contributed by atoms with Crippen molar-refractivity contribution in [2.75, 3.05) is 0 Å². The number of rotatable bonds is 3. The molecule has 0 aliphatic heterocycles. The molecule has 0 amide bonds. The van der Waals surface area contributed by atoms with Gasteiger partial charge >= 0.3 is 30.0 Å². The average molecular weight is 311 g/mol. The van der Waals surface area contributed by atoms with Crippen molar-refractivity contribution in [1.29, 1.82) is 0 Å². The normalized spacial score (nSPS) is 11.5. The number of hydrogen-bond acceptors (Lipinski definition) is 1. The van der Waals surface area contributed by atoms with Crippen LogP contribution in [0.3, 0.4) is 0 Å². The summed E-state index contributed by atoms with van der Waals surface area (Å²) in [5.74, 6) is 0. The summed E-state index contributed by atoms with van der Waals surface area (Å²) in [5, 5.41) is 0.720. The van der Waals surface area contributed by atoms with Crippen molar-refractivity contribution in [3.63, 3.8) is 0 Å². The molecule has 0 saturated heterocycles. The van der Waals surface area contributed by atoms with E-state index in [0.717, 1.165) is 5.25 Å². The second-order valence-corrected chi connectivity index (χ2v) is 4.08. The van der Waals surface area contributed by atoms with Gasteiger partial charge in [0.15, 0.2) is 0 Å². The minimum atomic E-state index is 0.720. The molecule has 0 heterocycles. The maximum absolute atomic E-state index is 3.06. The van der Waals surface area contributed by atoms with Crippen LogP contribution in [0.5, 0.6) is 0 Å². The van der Waals surface area contributed by atoms with E-state index in [1.165, 1.54) is 27.7 Å². The third kappa shape index (κ3) is 6.71. The van der Waals surface area contributed by atoms with Gasteiger partial charge in [0.25, 0.3) is 0 Å². The van der Waals surface area contributed by atoms with E-state index in [0.29, 0.717) is 0 Å². The van der Waals surface area contributed by atoms with Gasteiger partial charge in [0.2, 0.25) is 0 Å². The Morgan fingerprint density at radius 1 is 1.46 bits per heavy atom. The fourth-order valence-corrected chi connectivity index (χ4v) is 1.69. The van der Waals surface area contributed by atoms with Gasteiger partial charge in [-0.2, -0.15) is 30.3 Å². The second-order valence-electron chi connectivity index (χ2n) is 2.57. The Morgan fingerprint density at radius 2 is 2.00 bits per heavy atom. The molecule has 0 radical (unpaired) electrons. The average Bonchev–Trinajstić information content (AvgIpc) is 2.22. The van der Waals surface area contributed by atoms with Gasteiger partial charge in [-0.05, 0) is 6.42 Å². The van der Waals surface area contributed by atoms with Gasteiger partial charge in [0.05, 0.1) is 0 Å². The molecule has 1 aromatic carbocycles. The summed E-state index contributed by atoms with van der Waals surface area (Å²) in [6.45, 7) is 4.47. The molecule has 0 aliphatic carbocycles. The molecule has 1 atom stereocenters. The first kappa shape index (κ1) is 13.7. The van der Waals surface area contributed by atoms with Gasteiger partial charge < -0.3 is 0 Å². The Kier molecular flexibility index (Phi) is 9.72. The van der Waals surface area contributed by atoms with E-state index in [9.17, 15) is 0 Å². The Bertz CT molecular complexity index is 203. The van der Waals surface area contributed by atoms with E-state index in [-0.39, 0.29) is 0 Å². The molecule has 68 valence electrons. The third-order valence-electron chi connectivity index (χ3n) is 1.60. The van der Waals surface area contributed by atoms with Gasteiger partial charge in [-0.25, -0.2) is 0 Å². The van der Waals surface area contributed by atoms with Gasteiger partial charge in [0, 0.05) is 5.25 Å². The summed E-state index contributed by atoms with van der Waals surface area (Å²) < 4.78 is 0. The standard InChI is InChI=1S/C10H13S.BrH.Zn/c1-3-9(2)11-10-7-5-4-6-8-10;;/h5-9H,3H2,1-2H3;1H;/q-1;;+2/p-1. The van der Waals surface area contributed by atoms with Gasteiger partial charge in [-0.1, -0.05) is 13.8 Å². The van der Waals surface area contributed by atoms with Crippen molar-refractivity contribution in [3.05, 3.63) is 30.3 Å².